The number of hydrogen-bond acceptors (Lipinski definition) is 4. The number of aliphatic hydroxyl groups excluding tert-OH is 2. The van der Waals surface area contributed by atoms with E-state index in [2.05, 4.69) is 6.92 Å². The van der Waals surface area contributed by atoms with Gasteiger partial charge in [-0.25, -0.2) is 4.39 Å². The molecule has 4 atom stereocenters. The smallest absolute Gasteiger partial charge is 0.139 e. The maximum atomic E-state index is 12.9. The summed E-state index contributed by atoms with van der Waals surface area (Å²) in [5.74, 6) is 0.263. The van der Waals surface area contributed by atoms with Gasteiger partial charge in [0.2, 0.25) is 0 Å². The van der Waals surface area contributed by atoms with Gasteiger partial charge >= 0.3 is 0 Å². The van der Waals surface area contributed by atoms with Crippen LogP contribution < -0.4 is 0 Å². The van der Waals surface area contributed by atoms with Gasteiger partial charge in [-0.15, -0.1) is 0 Å². The molecule has 0 aromatic heterocycles. The van der Waals surface area contributed by atoms with Crippen molar-refractivity contribution in [2.24, 2.45) is 5.92 Å². The monoisotopic (exact) mass is 382 g/mol. The van der Waals surface area contributed by atoms with Gasteiger partial charge in [-0.1, -0.05) is 51.2 Å². The van der Waals surface area contributed by atoms with Crippen molar-refractivity contribution in [1.82, 2.24) is 0 Å². The van der Waals surface area contributed by atoms with Gasteiger partial charge in [0.05, 0.1) is 12.2 Å². The Bertz CT molecular complexity index is 549. The van der Waals surface area contributed by atoms with Gasteiger partial charge in [-0.2, -0.15) is 11.8 Å². The molecule has 0 amide bonds. The predicted octanol–water partition coefficient (Wildman–Crippen LogP) is 4.14. The number of carbonyl (C=O) groups excluding carboxylic acids is 1. The molecule has 0 bridgehead atoms. The first kappa shape index (κ1) is 21.4. The SMILES string of the molecule is CCCCCCC[C@H]1C(=O)CC(O)[C@@H]1SCC(O)Cc1ccc(F)cc1. The average Bonchev–Trinajstić information content (AvgIpc) is 2.88. The van der Waals surface area contributed by atoms with Crippen LogP contribution >= 0.6 is 11.8 Å². The molecule has 2 N–H and O–H groups in total. The minimum absolute atomic E-state index is 0.0883. The summed E-state index contributed by atoms with van der Waals surface area (Å²) in [6.07, 6.45) is 6.15. The number of Topliss-reactive ketones (excluding diaryl/α,β-unsaturated/α-hetero) is 1. The Morgan fingerprint density at radius 1 is 1.19 bits per heavy atom. The van der Waals surface area contributed by atoms with Gasteiger partial charge in [0.25, 0.3) is 0 Å². The molecule has 0 heterocycles. The molecule has 3 nitrogen and oxygen atoms in total. The molecular weight excluding hydrogens is 351 g/mol. The van der Waals surface area contributed by atoms with E-state index in [4.69, 9.17) is 0 Å². The second-order valence-electron chi connectivity index (χ2n) is 7.33. The number of carbonyl (C=O) groups is 1. The van der Waals surface area contributed by atoms with Crippen LogP contribution in [0.2, 0.25) is 0 Å². The van der Waals surface area contributed by atoms with Crippen LogP contribution in [0.5, 0.6) is 0 Å². The summed E-state index contributed by atoms with van der Waals surface area (Å²) in [4.78, 5) is 12.2. The van der Waals surface area contributed by atoms with Crippen LogP contribution in [0.1, 0.15) is 57.4 Å². The quantitative estimate of drug-likeness (QED) is 0.565. The molecule has 2 rings (SSSR count). The van der Waals surface area contributed by atoms with Crippen molar-refractivity contribution in [3.05, 3.63) is 35.6 Å². The third-order valence-electron chi connectivity index (χ3n) is 5.08. The van der Waals surface area contributed by atoms with Crippen LogP contribution in [0.3, 0.4) is 0 Å². The van der Waals surface area contributed by atoms with E-state index in [9.17, 15) is 19.4 Å². The minimum atomic E-state index is -0.605. The highest BCUT2D eigenvalue weighted by Crippen LogP contribution is 2.36. The molecule has 26 heavy (non-hydrogen) atoms. The number of ketones is 1. The lowest BCUT2D eigenvalue weighted by Crippen LogP contribution is -2.26. The van der Waals surface area contributed by atoms with Crippen molar-refractivity contribution in [1.29, 1.82) is 0 Å². The lowest BCUT2D eigenvalue weighted by molar-refractivity contribution is -0.121. The summed E-state index contributed by atoms with van der Waals surface area (Å²) in [7, 11) is 0. The molecule has 0 saturated heterocycles. The van der Waals surface area contributed by atoms with E-state index in [1.54, 1.807) is 12.1 Å². The zero-order chi connectivity index (χ0) is 18.9. The highest BCUT2D eigenvalue weighted by Gasteiger charge is 2.41. The highest BCUT2D eigenvalue weighted by molar-refractivity contribution is 8.00. The lowest BCUT2D eigenvalue weighted by atomic mass is 9.98. The van der Waals surface area contributed by atoms with Gasteiger partial charge < -0.3 is 10.2 Å². The molecule has 1 aromatic rings. The third-order valence-corrected chi connectivity index (χ3v) is 6.69. The Kier molecular flexibility index (Phi) is 9.09. The standard InChI is InChI=1S/C21H31FO3S/c1-2-3-4-5-6-7-18-19(24)13-20(25)21(18)26-14-17(23)12-15-8-10-16(22)11-9-15/h8-11,17-18,20-21,23,25H,2-7,12-14H2,1H3/t17?,18-,20?,21+/m0/s1. The first-order valence-corrected chi connectivity index (χ1v) is 10.8. The number of benzene rings is 1. The number of rotatable bonds is 11. The molecule has 1 saturated carbocycles. The van der Waals surface area contributed by atoms with Crippen molar-refractivity contribution >= 4 is 17.5 Å². The Morgan fingerprint density at radius 3 is 2.58 bits per heavy atom. The lowest BCUT2D eigenvalue weighted by Gasteiger charge is -2.22. The molecule has 1 aliphatic rings. The fraction of sp³-hybridized carbons (Fsp3) is 0.667. The predicted molar refractivity (Wildman–Crippen MR) is 105 cm³/mol. The first-order chi connectivity index (χ1) is 12.5. The Labute approximate surface area is 160 Å². The van der Waals surface area contributed by atoms with Crippen LogP contribution in [0.4, 0.5) is 4.39 Å². The second-order valence-corrected chi connectivity index (χ2v) is 8.54. The minimum Gasteiger partial charge on any atom is -0.392 e. The third kappa shape index (κ3) is 6.67. The van der Waals surface area contributed by atoms with Crippen LogP contribution in [0.15, 0.2) is 24.3 Å². The van der Waals surface area contributed by atoms with Crippen LogP contribution in [0, 0.1) is 11.7 Å². The Hall–Kier alpha value is -0.910. The summed E-state index contributed by atoms with van der Waals surface area (Å²) >= 11 is 1.51. The summed E-state index contributed by atoms with van der Waals surface area (Å²) in [5.41, 5.74) is 0.884. The topological polar surface area (TPSA) is 57.5 Å². The molecular formula is C21H31FO3S. The summed E-state index contributed by atoms with van der Waals surface area (Å²) in [6, 6.07) is 6.14. The van der Waals surface area contributed by atoms with Gasteiger partial charge in [-0.3, -0.25) is 4.79 Å². The van der Waals surface area contributed by atoms with Crippen molar-refractivity contribution in [3.63, 3.8) is 0 Å². The largest absolute Gasteiger partial charge is 0.392 e. The fourth-order valence-corrected chi connectivity index (χ4v) is 5.02. The van der Waals surface area contributed by atoms with Gasteiger partial charge in [0, 0.05) is 23.3 Å². The second kappa shape index (κ2) is 11.1. The Morgan fingerprint density at radius 2 is 1.88 bits per heavy atom. The summed E-state index contributed by atoms with van der Waals surface area (Å²) in [5, 5.41) is 20.4. The van der Waals surface area contributed by atoms with Gasteiger partial charge in [0.1, 0.15) is 11.6 Å². The van der Waals surface area contributed by atoms with Crippen LogP contribution in [-0.4, -0.2) is 39.2 Å². The number of thioether (sulfide) groups is 1. The molecule has 1 aromatic carbocycles. The average molecular weight is 383 g/mol. The van der Waals surface area contributed by atoms with Crippen molar-refractivity contribution in [2.45, 2.75) is 75.7 Å². The number of aliphatic hydroxyl groups is 2. The van der Waals surface area contributed by atoms with E-state index in [1.165, 1.54) is 43.2 Å². The number of halogens is 1. The molecule has 0 spiro atoms. The normalized spacial score (nSPS) is 24.2. The maximum absolute atomic E-state index is 12.9. The van der Waals surface area contributed by atoms with E-state index >= 15 is 0 Å². The van der Waals surface area contributed by atoms with Crippen molar-refractivity contribution in [2.75, 3.05) is 5.75 Å². The number of unbranched alkanes of at least 4 members (excludes halogenated alkanes) is 4. The zero-order valence-electron chi connectivity index (χ0n) is 15.6. The molecule has 1 aliphatic carbocycles. The van der Waals surface area contributed by atoms with E-state index in [-0.39, 0.29) is 29.2 Å². The maximum Gasteiger partial charge on any atom is 0.139 e. The molecule has 5 heteroatoms. The number of hydrogen-bond donors (Lipinski definition) is 2. The van der Waals surface area contributed by atoms with Gasteiger partial charge in [-0.05, 0) is 30.5 Å². The Balaban J connectivity index is 1.78. The van der Waals surface area contributed by atoms with Gasteiger partial charge in [0.15, 0.2) is 0 Å². The fourth-order valence-electron chi connectivity index (χ4n) is 3.62. The van der Waals surface area contributed by atoms with E-state index in [0.717, 1.165) is 24.8 Å². The highest BCUT2D eigenvalue weighted by atomic mass is 32.2. The molecule has 2 unspecified atom stereocenters. The molecule has 1 fully saturated rings. The van der Waals surface area contributed by atoms with Crippen LogP contribution in [-0.2, 0) is 11.2 Å². The van der Waals surface area contributed by atoms with E-state index in [1.807, 2.05) is 0 Å². The van der Waals surface area contributed by atoms with Crippen LogP contribution in [0.25, 0.3) is 0 Å². The first-order valence-electron chi connectivity index (χ1n) is 9.76. The summed E-state index contributed by atoms with van der Waals surface area (Å²) < 4.78 is 12.9. The molecule has 0 radical (unpaired) electrons. The van der Waals surface area contributed by atoms with Crippen molar-refractivity contribution in [3.8, 4) is 0 Å². The summed E-state index contributed by atoms with van der Waals surface area (Å²) in [6.45, 7) is 2.18. The zero-order valence-corrected chi connectivity index (χ0v) is 16.4. The van der Waals surface area contributed by atoms with Crippen molar-refractivity contribution < 1.29 is 19.4 Å². The van der Waals surface area contributed by atoms with E-state index in [0.29, 0.717) is 12.2 Å². The molecule has 0 aliphatic heterocycles. The molecule has 146 valence electrons. The van der Waals surface area contributed by atoms with E-state index < -0.39 is 12.2 Å².